The van der Waals surface area contributed by atoms with Gasteiger partial charge in [-0.2, -0.15) is 0 Å². The summed E-state index contributed by atoms with van der Waals surface area (Å²) in [5, 5.41) is 11.8. The molecule has 88 valence electrons. The van der Waals surface area contributed by atoms with Gasteiger partial charge in [0.25, 0.3) is 0 Å². The predicted molar refractivity (Wildman–Crippen MR) is 63.9 cm³/mol. The molecule has 0 aromatic rings. The van der Waals surface area contributed by atoms with Crippen LogP contribution in [0.3, 0.4) is 0 Å². The number of rotatable bonds is 6. The Labute approximate surface area is 99.8 Å². The molecule has 1 unspecified atom stereocenters. The smallest absolute Gasteiger partial charge is 0.234 e. The van der Waals surface area contributed by atoms with Gasteiger partial charge in [0.1, 0.15) is 0 Å². The zero-order valence-electron chi connectivity index (χ0n) is 9.42. The van der Waals surface area contributed by atoms with E-state index in [2.05, 4.69) is 21.2 Å². The van der Waals surface area contributed by atoms with Crippen molar-refractivity contribution in [2.45, 2.75) is 37.9 Å². The normalized spacial score (nSPS) is 20.1. The monoisotopic (exact) mass is 277 g/mol. The zero-order chi connectivity index (χ0) is 11.5. The van der Waals surface area contributed by atoms with Gasteiger partial charge >= 0.3 is 0 Å². The first-order valence-electron chi connectivity index (χ1n) is 5.53. The van der Waals surface area contributed by atoms with Crippen molar-refractivity contribution < 1.29 is 9.90 Å². The molecule has 2 N–H and O–H groups in total. The molecule has 1 saturated carbocycles. The van der Waals surface area contributed by atoms with Crippen LogP contribution in [0.15, 0.2) is 0 Å². The lowest BCUT2D eigenvalue weighted by atomic mass is 10.0. The van der Waals surface area contributed by atoms with Crippen LogP contribution < -0.4 is 5.32 Å². The lowest BCUT2D eigenvalue weighted by Crippen LogP contribution is -2.37. The number of amides is 1. The van der Waals surface area contributed by atoms with Crippen molar-refractivity contribution in [3.63, 3.8) is 0 Å². The van der Waals surface area contributed by atoms with Crippen molar-refractivity contribution in [3.8, 4) is 0 Å². The van der Waals surface area contributed by atoms with Crippen LogP contribution in [0.1, 0.15) is 33.1 Å². The minimum Gasteiger partial charge on any atom is -0.396 e. The second-order valence-electron chi connectivity index (χ2n) is 4.84. The van der Waals surface area contributed by atoms with Gasteiger partial charge in [0.15, 0.2) is 0 Å². The van der Waals surface area contributed by atoms with Crippen LogP contribution in [-0.4, -0.2) is 29.0 Å². The number of hydrogen-bond acceptors (Lipinski definition) is 2. The van der Waals surface area contributed by atoms with Gasteiger partial charge < -0.3 is 10.4 Å². The molecule has 0 heterocycles. The quantitative estimate of drug-likeness (QED) is 0.726. The van der Waals surface area contributed by atoms with Gasteiger partial charge in [0, 0.05) is 13.2 Å². The summed E-state index contributed by atoms with van der Waals surface area (Å²) < 4.78 is 0. The SMILES string of the molecule is CC(C)C(Br)C(=O)NCC1(CCO)CC1. The van der Waals surface area contributed by atoms with Crippen LogP contribution in [0, 0.1) is 11.3 Å². The fourth-order valence-electron chi connectivity index (χ4n) is 1.60. The summed E-state index contributed by atoms with van der Waals surface area (Å²) in [6.45, 7) is 4.96. The minimum atomic E-state index is -0.109. The fraction of sp³-hybridized carbons (Fsp3) is 0.909. The summed E-state index contributed by atoms with van der Waals surface area (Å²) >= 11 is 3.37. The third kappa shape index (κ3) is 3.76. The van der Waals surface area contributed by atoms with Crippen LogP contribution in [0.5, 0.6) is 0 Å². The first kappa shape index (κ1) is 13.0. The highest BCUT2D eigenvalue weighted by molar-refractivity contribution is 9.10. The fourth-order valence-corrected chi connectivity index (χ4v) is 1.77. The Kier molecular flexibility index (Phi) is 4.59. The van der Waals surface area contributed by atoms with Crippen molar-refractivity contribution >= 4 is 21.8 Å². The van der Waals surface area contributed by atoms with E-state index in [1.807, 2.05) is 13.8 Å². The number of alkyl halides is 1. The first-order valence-corrected chi connectivity index (χ1v) is 6.45. The Morgan fingerprint density at radius 1 is 1.53 bits per heavy atom. The third-order valence-corrected chi connectivity index (χ3v) is 4.55. The highest BCUT2D eigenvalue weighted by Gasteiger charge is 2.42. The molecule has 1 aliphatic rings. The van der Waals surface area contributed by atoms with E-state index in [4.69, 9.17) is 5.11 Å². The summed E-state index contributed by atoms with van der Waals surface area (Å²) in [6, 6.07) is 0. The number of halogens is 1. The molecule has 0 bridgehead atoms. The molecule has 3 nitrogen and oxygen atoms in total. The largest absolute Gasteiger partial charge is 0.396 e. The number of nitrogens with one attached hydrogen (secondary N) is 1. The summed E-state index contributed by atoms with van der Waals surface area (Å²) in [5.41, 5.74) is 0.202. The van der Waals surface area contributed by atoms with Gasteiger partial charge in [-0.05, 0) is 30.6 Å². The molecule has 0 aromatic heterocycles. The molecule has 4 heteroatoms. The molecular weight excluding hydrogens is 258 g/mol. The first-order chi connectivity index (χ1) is 7.01. The average molecular weight is 278 g/mol. The Balaban J connectivity index is 2.28. The van der Waals surface area contributed by atoms with Crippen LogP contribution >= 0.6 is 15.9 Å². The second kappa shape index (κ2) is 5.30. The van der Waals surface area contributed by atoms with Crippen LogP contribution in [0.2, 0.25) is 0 Å². The van der Waals surface area contributed by atoms with Crippen LogP contribution in [0.25, 0.3) is 0 Å². The molecule has 1 atom stereocenters. The van der Waals surface area contributed by atoms with Crippen LogP contribution in [0.4, 0.5) is 0 Å². The maximum Gasteiger partial charge on any atom is 0.234 e. The van der Waals surface area contributed by atoms with Gasteiger partial charge in [-0.1, -0.05) is 29.8 Å². The van der Waals surface area contributed by atoms with E-state index in [1.54, 1.807) is 0 Å². The van der Waals surface area contributed by atoms with Crippen molar-refractivity contribution in [1.82, 2.24) is 5.32 Å². The molecule has 1 amide bonds. The van der Waals surface area contributed by atoms with Gasteiger partial charge in [-0.15, -0.1) is 0 Å². The van der Waals surface area contributed by atoms with Gasteiger partial charge in [0.2, 0.25) is 5.91 Å². The summed E-state index contributed by atoms with van der Waals surface area (Å²) in [6.07, 6.45) is 3.06. The Morgan fingerprint density at radius 2 is 2.13 bits per heavy atom. The molecule has 0 radical (unpaired) electrons. The molecular formula is C11H20BrNO2. The molecule has 0 aliphatic heterocycles. The van der Waals surface area contributed by atoms with E-state index >= 15 is 0 Å². The lowest BCUT2D eigenvalue weighted by molar-refractivity contribution is -0.121. The molecule has 0 spiro atoms. The molecule has 0 aromatic carbocycles. The average Bonchev–Trinajstić information content (AvgIpc) is 2.94. The van der Waals surface area contributed by atoms with E-state index < -0.39 is 0 Å². The number of aliphatic hydroxyl groups excluding tert-OH is 1. The molecule has 15 heavy (non-hydrogen) atoms. The van der Waals surface area contributed by atoms with Gasteiger partial charge in [0.05, 0.1) is 4.83 Å². The maximum atomic E-state index is 11.6. The van der Waals surface area contributed by atoms with E-state index in [0.29, 0.717) is 12.5 Å². The highest BCUT2D eigenvalue weighted by Crippen LogP contribution is 2.47. The Bertz CT molecular complexity index is 227. The topological polar surface area (TPSA) is 49.3 Å². The number of aliphatic hydroxyl groups is 1. The molecule has 1 rings (SSSR count). The number of hydrogen-bond donors (Lipinski definition) is 2. The second-order valence-corrected chi connectivity index (χ2v) is 5.82. The number of carbonyl (C=O) groups excluding carboxylic acids is 1. The Hall–Kier alpha value is -0.0900. The summed E-state index contributed by atoms with van der Waals surface area (Å²) in [7, 11) is 0. The molecule has 0 saturated heterocycles. The summed E-state index contributed by atoms with van der Waals surface area (Å²) in [4.78, 5) is 11.5. The van der Waals surface area contributed by atoms with Crippen molar-refractivity contribution in [2.24, 2.45) is 11.3 Å². The van der Waals surface area contributed by atoms with E-state index in [9.17, 15) is 4.79 Å². The van der Waals surface area contributed by atoms with E-state index in [1.165, 1.54) is 0 Å². The van der Waals surface area contributed by atoms with Crippen molar-refractivity contribution in [2.75, 3.05) is 13.2 Å². The maximum absolute atomic E-state index is 11.6. The number of carbonyl (C=O) groups is 1. The summed E-state index contributed by atoms with van der Waals surface area (Å²) in [5.74, 6) is 0.368. The van der Waals surface area contributed by atoms with Gasteiger partial charge in [-0.25, -0.2) is 0 Å². The van der Waals surface area contributed by atoms with Crippen LogP contribution in [-0.2, 0) is 4.79 Å². The minimum absolute atomic E-state index is 0.0641. The van der Waals surface area contributed by atoms with E-state index in [0.717, 1.165) is 19.3 Å². The standard InChI is InChI=1S/C11H20BrNO2/c1-8(2)9(12)10(15)13-7-11(3-4-11)5-6-14/h8-9,14H,3-7H2,1-2H3,(H,13,15). The Morgan fingerprint density at radius 3 is 2.53 bits per heavy atom. The van der Waals surface area contributed by atoms with Crippen molar-refractivity contribution in [3.05, 3.63) is 0 Å². The van der Waals surface area contributed by atoms with Crippen molar-refractivity contribution in [1.29, 1.82) is 0 Å². The van der Waals surface area contributed by atoms with Gasteiger partial charge in [-0.3, -0.25) is 4.79 Å². The molecule has 1 fully saturated rings. The molecule has 1 aliphatic carbocycles. The third-order valence-electron chi connectivity index (χ3n) is 3.07. The highest BCUT2D eigenvalue weighted by atomic mass is 79.9. The zero-order valence-corrected chi connectivity index (χ0v) is 11.0. The lowest BCUT2D eigenvalue weighted by Gasteiger charge is -2.18. The predicted octanol–water partition coefficient (Wildman–Crippen LogP) is 1.68. The van der Waals surface area contributed by atoms with E-state index in [-0.39, 0.29) is 22.8 Å².